The van der Waals surface area contributed by atoms with Crippen LogP contribution < -0.4 is 5.32 Å². The van der Waals surface area contributed by atoms with E-state index in [9.17, 15) is 10.1 Å². The summed E-state index contributed by atoms with van der Waals surface area (Å²) < 4.78 is 5.41. The Morgan fingerprint density at radius 1 is 1.32 bits per heavy atom. The van der Waals surface area contributed by atoms with Crippen LogP contribution in [-0.2, 0) is 6.42 Å². The molecule has 100 valence electrons. The Labute approximate surface area is 111 Å². The van der Waals surface area contributed by atoms with Gasteiger partial charge in [0.2, 0.25) is 0 Å². The molecule has 0 spiro atoms. The van der Waals surface area contributed by atoms with Crippen molar-refractivity contribution in [3.8, 4) is 0 Å². The van der Waals surface area contributed by atoms with Crippen molar-refractivity contribution in [3.05, 3.63) is 64.1 Å². The minimum Gasteiger partial charge on any atom is -0.468 e. The van der Waals surface area contributed by atoms with Crippen LogP contribution in [0.4, 0.5) is 5.69 Å². The van der Waals surface area contributed by atoms with Gasteiger partial charge in [-0.2, -0.15) is 0 Å². The molecule has 1 unspecified atom stereocenters. The molecule has 5 nitrogen and oxygen atoms in total. The molecule has 1 aromatic carbocycles. The average Bonchev–Trinajstić information content (AvgIpc) is 2.92. The molecule has 0 aliphatic carbocycles. The van der Waals surface area contributed by atoms with E-state index in [1.54, 1.807) is 18.4 Å². The third-order valence-electron chi connectivity index (χ3n) is 2.92. The Kier molecular flexibility index (Phi) is 4.30. The van der Waals surface area contributed by atoms with E-state index < -0.39 is 4.92 Å². The lowest BCUT2D eigenvalue weighted by Crippen LogP contribution is -2.22. The summed E-state index contributed by atoms with van der Waals surface area (Å²) in [7, 11) is 0. The summed E-state index contributed by atoms with van der Waals surface area (Å²) in [5.74, 6) is 0.875. The lowest BCUT2D eigenvalue weighted by atomic mass is 10.0. The van der Waals surface area contributed by atoms with Crippen molar-refractivity contribution < 1.29 is 9.34 Å². The van der Waals surface area contributed by atoms with Crippen molar-refractivity contribution in [3.63, 3.8) is 0 Å². The molecule has 19 heavy (non-hydrogen) atoms. The first kappa shape index (κ1) is 13.3. The SMILES string of the molecule is CCNC(Cc1ccc([N+](=O)[O-])cc1)c1ccco1. The quantitative estimate of drug-likeness (QED) is 0.640. The van der Waals surface area contributed by atoms with Crippen molar-refractivity contribution in [2.45, 2.75) is 19.4 Å². The summed E-state index contributed by atoms with van der Waals surface area (Å²) in [6, 6.07) is 10.5. The molecule has 2 aromatic rings. The Balaban J connectivity index is 2.11. The van der Waals surface area contributed by atoms with E-state index in [1.165, 1.54) is 12.1 Å². The van der Waals surface area contributed by atoms with Gasteiger partial charge >= 0.3 is 0 Å². The zero-order valence-electron chi connectivity index (χ0n) is 10.7. The molecule has 1 heterocycles. The summed E-state index contributed by atoms with van der Waals surface area (Å²) in [6.45, 7) is 2.87. The van der Waals surface area contributed by atoms with Gasteiger partial charge in [-0.1, -0.05) is 19.1 Å². The van der Waals surface area contributed by atoms with Crippen molar-refractivity contribution in [1.82, 2.24) is 5.32 Å². The van der Waals surface area contributed by atoms with Crippen LogP contribution in [0.5, 0.6) is 0 Å². The minimum absolute atomic E-state index is 0.0847. The Morgan fingerprint density at radius 3 is 2.58 bits per heavy atom. The average molecular weight is 260 g/mol. The molecular weight excluding hydrogens is 244 g/mol. The van der Waals surface area contributed by atoms with E-state index >= 15 is 0 Å². The Morgan fingerprint density at radius 2 is 2.05 bits per heavy atom. The molecule has 2 rings (SSSR count). The number of nitrogens with zero attached hydrogens (tertiary/aromatic N) is 1. The van der Waals surface area contributed by atoms with E-state index in [1.807, 2.05) is 19.1 Å². The lowest BCUT2D eigenvalue weighted by Gasteiger charge is -2.15. The number of hydrogen-bond donors (Lipinski definition) is 1. The first-order chi connectivity index (χ1) is 9.20. The van der Waals surface area contributed by atoms with Gasteiger partial charge in [-0.15, -0.1) is 0 Å². The van der Waals surface area contributed by atoms with Gasteiger partial charge in [-0.05, 0) is 30.7 Å². The number of furan rings is 1. The largest absolute Gasteiger partial charge is 0.468 e. The van der Waals surface area contributed by atoms with Crippen LogP contribution in [0.2, 0.25) is 0 Å². The van der Waals surface area contributed by atoms with Gasteiger partial charge in [0.15, 0.2) is 0 Å². The number of nitrogens with one attached hydrogen (secondary N) is 1. The van der Waals surface area contributed by atoms with E-state index in [2.05, 4.69) is 5.32 Å². The molecule has 5 heteroatoms. The Bertz CT molecular complexity index is 520. The highest BCUT2D eigenvalue weighted by molar-refractivity contribution is 5.33. The predicted molar refractivity (Wildman–Crippen MR) is 71.9 cm³/mol. The number of nitro benzene ring substituents is 1. The first-order valence-electron chi connectivity index (χ1n) is 6.21. The summed E-state index contributed by atoms with van der Waals surface area (Å²) in [5.41, 5.74) is 1.15. The summed E-state index contributed by atoms with van der Waals surface area (Å²) in [4.78, 5) is 10.2. The topological polar surface area (TPSA) is 68.3 Å². The maximum Gasteiger partial charge on any atom is 0.269 e. The highest BCUT2D eigenvalue weighted by Crippen LogP contribution is 2.20. The lowest BCUT2D eigenvalue weighted by molar-refractivity contribution is -0.384. The number of rotatable bonds is 6. The van der Waals surface area contributed by atoms with Gasteiger partial charge in [0, 0.05) is 12.1 Å². The normalized spacial score (nSPS) is 12.3. The van der Waals surface area contributed by atoms with Crippen LogP contribution in [0.1, 0.15) is 24.3 Å². The van der Waals surface area contributed by atoms with E-state index in [0.717, 1.165) is 24.3 Å². The van der Waals surface area contributed by atoms with E-state index in [0.29, 0.717) is 0 Å². The van der Waals surface area contributed by atoms with Crippen LogP contribution >= 0.6 is 0 Å². The maximum absolute atomic E-state index is 10.6. The van der Waals surface area contributed by atoms with Crippen LogP contribution in [0.15, 0.2) is 47.1 Å². The third kappa shape index (κ3) is 3.42. The fourth-order valence-corrected chi connectivity index (χ4v) is 2.00. The van der Waals surface area contributed by atoms with E-state index in [-0.39, 0.29) is 11.7 Å². The fourth-order valence-electron chi connectivity index (χ4n) is 2.00. The summed E-state index contributed by atoms with van der Waals surface area (Å²) in [6.07, 6.45) is 2.38. The van der Waals surface area contributed by atoms with Crippen LogP contribution in [0.3, 0.4) is 0 Å². The van der Waals surface area contributed by atoms with E-state index in [4.69, 9.17) is 4.42 Å². The molecule has 1 aromatic heterocycles. The van der Waals surface area contributed by atoms with Gasteiger partial charge in [0.1, 0.15) is 5.76 Å². The molecule has 0 radical (unpaired) electrons. The molecule has 0 aliphatic heterocycles. The summed E-state index contributed by atoms with van der Waals surface area (Å²) in [5, 5.41) is 13.9. The third-order valence-corrected chi connectivity index (χ3v) is 2.92. The first-order valence-corrected chi connectivity index (χ1v) is 6.21. The zero-order chi connectivity index (χ0) is 13.7. The van der Waals surface area contributed by atoms with Gasteiger partial charge in [-0.25, -0.2) is 0 Å². The van der Waals surface area contributed by atoms with Crippen molar-refractivity contribution in [2.24, 2.45) is 0 Å². The molecule has 1 atom stereocenters. The molecule has 1 N–H and O–H groups in total. The number of non-ortho nitro benzene ring substituents is 1. The monoisotopic (exact) mass is 260 g/mol. The standard InChI is InChI=1S/C14H16N2O3/c1-2-15-13(14-4-3-9-19-14)10-11-5-7-12(8-6-11)16(17)18/h3-9,13,15H,2,10H2,1H3. The Hall–Kier alpha value is -2.14. The number of likely N-dealkylation sites (N-methyl/N-ethyl adjacent to an activating group) is 1. The van der Waals surface area contributed by atoms with Crippen LogP contribution in [0, 0.1) is 10.1 Å². The molecule has 0 amide bonds. The van der Waals surface area contributed by atoms with Crippen LogP contribution in [0.25, 0.3) is 0 Å². The molecule has 0 fully saturated rings. The highest BCUT2D eigenvalue weighted by atomic mass is 16.6. The minimum atomic E-state index is -0.391. The van der Waals surface area contributed by atoms with Crippen molar-refractivity contribution in [1.29, 1.82) is 0 Å². The summed E-state index contributed by atoms with van der Waals surface area (Å²) >= 11 is 0. The van der Waals surface area contributed by atoms with Gasteiger partial charge < -0.3 is 9.73 Å². The molecule has 0 bridgehead atoms. The molecule has 0 saturated heterocycles. The van der Waals surface area contributed by atoms with Gasteiger partial charge in [0.05, 0.1) is 17.2 Å². The second-order valence-electron chi connectivity index (χ2n) is 4.25. The number of hydrogen-bond acceptors (Lipinski definition) is 4. The highest BCUT2D eigenvalue weighted by Gasteiger charge is 2.14. The maximum atomic E-state index is 10.6. The van der Waals surface area contributed by atoms with Gasteiger partial charge in [0.25, 0.3) is 5.69 Å². The van der Waals surface area contributed by atoms with Crippen molar-refractivity contribution >= 4 is 5.69 Å². The second kappa shape index (κ2) is 6.15. The second-order valence-corrected chi connectivity index (χ2v) is 4.25. The number of nitro groups is 1. The molecular formula is C14H16N2O3. The number of benzene rings is 1. The predicted octanol–water partition coefficient (Wildman–Crippen LogP) is 3.08. The van der Waals surface area contributed by atoms with Gasteiger partial charge in [-0.3, -0.25) is 10.1 Å². The molecule has 0 saturated carbocycles. The smallest absolute Gasteiger partial charge is 0.269 e. The fraction of sp³-hybridized carbons (Fsp3) is 0.286. The zero-order valence-corrected chi connectivity index (χ0v) is 10.7. The molecule has 0 aliphatic rings. The van der Waals surface area contributed by atoms with Crippen molar-refractivity contribution in [2.75, 3.05) is 6.54 Å². The van der Waals surface area contributed by atoms with Crippen LogP contribution in [-0.4, -0.2) is 11.5 Å².